The van der Waals surface area contributed by atoms with Gasteiger partial charge in [0.25, 0.3) is 0 Å². The zero-order valence-corrected chi connectivity index (χ0v) is 12.5. The Morgan fingerprint density at radius 2 is 2.05 bits per heavy atom. The van der Waals surface area contributed by atoms with Gasteiger partial charge in [-0.3, -0.25) is 4.79 Å². The second-order valence-corrected chi connectivity index (χ2v) is 5.30. The van der Waals surface area contributed by atoms with E-state index in [4.69, 9.17) is 9.47 Å². The van der Waals surface area contributed by atoms with Crippen molar-refractivity contribution in [3.05, 3.63) is 0 Å². The number of carbonyl (C=O) groups excluding carboxylic acids is 1. The molecule has 0 bridgehead atoms. The van der Waals surface area contributed by atoms with Gasteiger partial charge in [-0.15, -0.1) is 0 Å². The van der Waals surface area contributed by atoms with E-state index in [9.17, 15) is 4.79 Å². The van der Waals surface area contributed by atoms with Crippen molar-refractivity contribution in [1.82, 2.24) is 10.6 Å². The molecule has 1 aliphatic heterocycles. The number of rotatable bonds is 8. The molecule has 1 aliphatic rings. The van der Waals surface area contributed by atoms with Gasteiger partial charge in [0.1, 0.15) is 0 Å². The van der Waals surface area contributed by atoms with Crippen LogP contribution in [0.15, 0.2) is 0 Å². The second kappa shape index (κ2) is 8.51. The molecule has 2 N–H and O–H groups in total. The highest BCUT2D eigenvalue weighted by molar-refractivity contribution is 5.82. The first-order chi connectivity index (χ1) is 9.18. The largest absolute Gasteiger partial charge is 0.382 e. The van der Waals surface area contributed by atoms with E-state index in [-0.39, 0.29) is 17.4 Å². The lowest BCUT2D eigenvalue weighted by molar-refractivity contribution is -0.134. The first-order valence-corrected chi connectivity index (χ1v) is 7.19. The van der Waals surface area contributed by atoms with Crippen LogP contribution in [0, 0.1) is 5.41 Å². The summed E-state index contributed by atoms with van der Waals surface area (Å²) in [4.78, 5) is 12.5. The smallest absolute Gasteiger partial charge is 0.226 e. The molecule has 1 saturated heterocycles. The fourth-order valence-electron chi connectivity index (χ4n) is 2.76. The summed E-state index contributed by atoms with van der Waals surface area (Å²) in [7, 11) is 3.28. The molecule has 0 aliphatic carbocycles. The van der Waals surface area contributed by atoms with Gasteiger partial charge in [-0.05, 0) is 32.4 Å². The maximum atomic E-state index is 12.5. The number of piperidine rings is 1. The summed E-state index contributed by atoms with van der Waals surface area (Å²) in [5, 5.41) is 6.37. The predicted molar refractivity (Wildman–Crippen MR) is 75.1 cm³/mol. The van der Waals surface area contributed by atoms with Crippen LogP contribution < -0.4 is 10.6 Å². The quantitative estimate of drug-likeness (QED) is 0.690. The highest BCUT2D eigenvalue weighted by atomic mass is 16.5. The summed E-state index contributed by atoms with van der Waals surface area (Å²) in [5.74, 6) is 0.175. The molecular weight excluding hydrogens is 244 g/mol. The SMILES string of the molecule is CCCC1(C(=O)NCC(COC)OC)CCNCC1. The van der Waals surface area contributed by atoms with Crippen molar-refractivity contribution >= 4 is 5.91 Å². The Labute approximate surface area is 116 Å². The van der Waals surface area contributed by atoms with Gasteiger partial charge >= 0.3 is 0 Å². The molecule has 19 heavy (non-hydrogen) atoms. The van der Waals surface area contributed by atoms with Crippen LogP contribution in [0.5, 0.6) is 0 Å². The van der Waals surface area contributed by atoms with Crippen molar-refractivity contribution in [2.75, 3.05) is 40.5 Å². The molecule has 0 aromatic carbocycles. The van der Waals surface area contributed by atoms with Crippen LogP contribution in [-0.4, -0.2) is 52.5 Å². The van der Waals surface area contributed by atoms with Crippen LogP contribution in [0.1, 0.15) is 32.6 Å². The van der Waals surface area contributed by atoms with Gasteiger partial charge in [-0.1, -0.05) is 13.3 Å². The van der Waals surface area contributed by atoms with E-state index in [1.807, 2.05) is 0 Å². The molecule has 0 spiro atoms. The van der Waals surface area contributed by atoms with Gasteiger partial charge in [0, 0.05) is 20.8 Å². The van der Waals surface area contributed by atoms with E-state index in [0.29, 0.717) is 13.2 Å². The molecule has 1 unspecified atom stereocenters. The third-order valence-corrected chi connectivity index (χ3v) is 3.95. The number of nitrogens with one attached hydrogen (secondary N) is 2. The Balaban J connectivity index is 2.52. The summed E-state index contributed by atoms with van der Waals surface area (Å²) in [6, 6.07) is 0. The normalized spacial score (nSPS) is 19.9. The third kappa shape index (κ3) is 4.75. The van der Waals surface area contributed by atoms with Crippen molar-refractivity contribution in [3.8, 4) is 0 Å². The Hall–Kier alpha value is -0.650. The summed E-state index contributed by atoms with van der Waals surface area (Å²) in [6.07, 6.45) is 3.78. The van der Waals surface area contributed by atoms with Gasteiger partial charge < -0.3 is 20.1 Å². The Morgan fingerprint density at radius 3 is 2.58 bits per heavy atom. The van der Waals surface area contributed by atoms with Gasteiger partial charge in [0.2, 0.25) is 5.91 Å². The molecule has 1 atom stereocenters. The van der Waals surface area contributed by atoms with Crippen LogP contribution in [0.2, 0.25) is 0 Å². The molecule has 0 radical (unpaired) electrons. The number of carbonyl (C=O) groups is 1. The van der Waals surface area contributed by atoms with Crippen molar-refractivity contribution in [2.45, 2.75) is 38.7 Å². The lowest BCUT2D eigenvalue weighted by Crippen LogP contribution is -2.49. The molecule has 1 amide bonds. The topological polar surface area (TPSA) is 59.6 Å². The number of amides is 1. The van der Waals surface area contributed by atoms with Crippen LogP contribution in [0.25, 0.3) is 0 Å². The Morgan fingerprint density at radius 1 is 1.37 bits per heavy atom. The Kier molecular flexibility index (Phi) is 7.34. The monoisotopic (exact) mass is 272 g/mol. The van der Waals surface area contributed by atoms with E-state index < -0.39 is 0 Å². The lowest BCUT2D eigenvalue weighted by Gasteiger charge is -2.36. The molecule has 0 aromatic rings. The highest BCUT2D eigenvalue weighted by Crippen LogP contribution is 2.34. The van der Waals surface area contributed by atoms with Crippen LogP contribution >= 0.6 is 0 Å². The minimum absolute atomic E-state index is 0.0747. The van der Waals surface area contributed by atoms with Crippen molar-refractivity contribution in [3.63, 3.8) is 0 Å². The van der Waals surface area contributed by atoms with Gasteiger partial charge in [0.05, 0.1) is 18.1 Å². The number of hydrogen-bond donors (Lipinski definition) is 2. The van der Waals surface area contributed by atoms with E-state index in [0.717, 1.165) is 38.8 Å². The van der Waals surface area contributed by atoms with E-state index in [2.05, 4.69) is 17.6 Å². The first-order valence-electron chi connectivity index (χ1n) is 7.19. The summed E-state index contributed by atoms with van der Waals surface area (Å²) >= 11 is 0. The van der Waals surface area contributed by atoms with Crippen LogP contribution in [0.3, 0.4) is 0 Å². The predicted octanol–water partition coefficient (Wildman–Crippen LogP) is 0.934. The number of hydrogen-bond acceptors (Lipinski definition) is 4. The zero-order valence-electron chi connectivity index (χ0n) is 12.5. The zero-order chi connectivity index (χ0) is 14.1. The number of methoxy groups -OCH3 is 2. The lowest BCUT2D eigenvalue weighted by atomic mass is 9.74. The molecule has 112 valence electrons. The minimum Gasteiger partial charge on any atom is -0.382 e. The molecule has 1 heterocycles. The van der Waals surface area contributed by atoms with Gasteiger partial charge in [-0.2, -0.15) is 0 Å². The van der Waals surface area contributed by atoms with Crippen LogP contribution in [0.4, 0.5) is 0 Å². The molecule has 0 aromatic heterocycles. The fourth-order valence-corrected chi connectivity index (χ4v) is 2.76. The second-order valence-electron chi connectivity index (χ2n) is 5.30. The fraction of sp³-hybridized carbons (Fsp3) is 0.929. The van der Waals surface area contributed by atoms with Gasteiger partial charge in [0.15, 0.2) is 0 Å². The Bertz CT molecular complexity index is 260. The van der Waals surface area contributed by atoms with Crippen molar-refractivity contribution in [1.29, 1.82) is 0 Å². The first kappa shape index (κ1) is 16.4. The third-order valence-electron chi connectivity index (χ3n) is 3.95. The summed E-state index contributed by atoms with van der Waals surface area (Å²) in [5.41, 5.74) is -0.189. The standard InChI is InChI=1S/C14H28N2O3/c1-4-5-14(6-8-15-9-7-14)13(17)16-10-12(19-3)11-18-2/h12,15H,4-11H2,1-3H3,(H,16,17). The molecule has 5 heteroatoms. The van der Waals surface area contributed by atoms with E-state index >= 15 is 0 Å². The molecule has 1 rings (SSSR count). The summed E-state index contributed by atoms with van der Waals surface area (Å²) < 4.78 is 10.3. The van der Waals surface area contributed by atoms with E-state index in [1.165, 1.54) is 0 Å². The molecule has 5 nitrogen and oxygen atoms in total. The molecule has 1 fully saturated rings. The summed E-state index contributed by atoms with van der Waals surface area (Å²) in [6.45, 7) is 5.01. The van der Waals surface area contributed by atoms with Crippen LogP contribution in [-0.2, 0) is 14.3 Å². The maximum Gasteiger partial charge on any atom is 0.226 e. The average Bonchev–Trinajstić information content (AvgIpc) is 2.44. The van der Waals surface area contributed by atoms with E-state index in [1.54, 1.807) is 14.2 Å². The minimum atomic E-state index is -0.189. The van der Waals surface area contributed by atoms with Gasteiger partial charge in [-0.25, -0.2) is 0 Å². The highest BCUT2D eigenvalue weighted by Gasteiger charge is 2.38. The van der Waals surface area contributed by atoms with Crippen molar-refractivity contribution < 1.29 is 14.3 Å². The number of ether oxygens (including phenoxy) is 2. The van der Waals surface area contributed by atoms with Crippen molar-refractivity contribution in [2.24, 2.45) is 5.41 Å². The molecule has 0 saturated carbocycles. The molecular formula is C14H28N2O3. The average molecular weight is 272 g/mol. The maximum absolute atomic E-state index is 12.5.